The van der Waals surface area contributed by atoms with Crippen molar-refractivity contribution < 1.29 is 24.5 Å². The number of benzene rings is 2. The molecule has 0 saturated carbocycles. The van der Waals surface area contributed by atoms with E-state index in [1.807, 2.05) is 6.92 Å². The first-order chi connectivity index (χ1) is 12.3. The van der Waals surface area contributed by atoms with Gasteiger partial charge in [0.1, 0.15) is 11.3 Å². The number of carbonyl (C=O) groups excluding carboxylic acids is 2. The molecule has 2 rings (SSSR count). The number of hydrogen-bond donors (Lipinski definition) is 3. The quantitative estimate of drug-likeness (QED) is 0.488. The lowest BCUT2D eigenvalue weighted by molar-refractivity contribution is 0.0499. The van der Waals surface area contributed by atoms with Crippen LogP contribution >= 0.6 is 23.2 Å². The molecule has 0 atom stereocenters. The number of carbonyl (C=O) groups is 2. The van der Waals surface area contributed by atoms with Crippen molar-refractivity contribution in [2.75, 3.05) is 11.9 Å². The summed E-state index contributed by atoms with van der Waals surface area (Å²) < 4.78 is 5.11. The van der Waals surface area contributed by atoms with Crippen molar-refractivity contribution in [3.63, 3.8) is 0 Å². The van der Waals surface area contributed by atoms with Gasteiger partial charge in [0.15, 0.2) is 5.75 Å². The Morgan fingerprint density at radius 1 is 1.12 bits per heavy atom. The van der Waals surface area contributed by atoms with Crippen molar-refractivity contribution in [3.05, 3.63) is 51.5 Å². The highest BCUT2D eigenvalue weighted by Crippen LogP contribution is 2.35. The van der Waals surface area contributed by atoms with Crippen molar-refractivity contribution >= 4 is 40.8 Å². The minimum Gasteiger partial charge on any atom is -0.507 e. The number of nitrogens with one attached hydrogen (secondary N) is 1. The van der Waals surface area contributed by atoms with Gasteiger partial charge in [0.25, 0.3) is 5.91 Å². The van der Waals surface area contributed by atoms with Crippen LogP contribution < -0.4 is 5.32 Å². The highest BCUT2D eigenvalue weighted by atomic mass is 35.5. The van der Waals surface area contributed by atoms with Gasteiger partial charge in [-0.1, -0.05) is 36.5 Å². The Morgan fingerprint density at radius 2 is 1.81 bits per heavy atom. The Labute approximate surface area is 160 Å². The van der Waals surface area contributed by atoms with Crippen LogP contribution in [0.3, 0.4) is 0 Å². The molecule has 2 aromatic rings. The Morgan fingerprint density at radius 3 is 2.50 bits per heavy atom. The number of hydrogen-bond acceptors (Lipinski definition) is 5. The van der Waals surface area contributed by atoms with Crippen molar-refractivity contribution in [2.24, 2.45) is 0 Å². The highest BCUT2D eigenvalue weighted by Gasteiger charge is 2.20. The number of anilines is 1. The largest absolute Gasteiger partial charge is 0.507 e. The molecule has 2 aromatic carbocycles. The van der Waals surface area contributed by atoms with Gasteiger partial charge < -0.3 is 20.3 Å². The molecule has 0 aromatic heterocycles. The molecule has 0 aliphatic carbocycles. The number of halogens is 2. The summed E-state index contributed by atoms with van der Waals surface area (Å²) in [6.45, 7) is 2.27. The SMILES string of the molecule is CCCCOC(=O)c1ccc(Cl)c(NC(=O)c2c(O)ccc(Cl)c2O)c1. The van der Waals surface area contributed by atoms with Crippen molar-refractivity contribution in [1.82, 2.24) is 0 Å². The molecule has 6 nitrogen and oxygen atoms in total. The van der Waals surface area contributed by atoms with E-state index >= 15 is 0 Å². The molecule has 0 spiro atoms. The zero-order chi connectivity index (χ0) is 19.3. The van der Waals surface area contributed by atoms with Crippen LogP contribution in [-0.2, 0) is 4.74 Å². The first-order valence-electron chi connectivity index (χ1n) is 7.83. The van der Waals surface area contributed by atoms with E-state index in [2.05, 4.69) is 5.32 Å². The summed E-state index contributed by atoms with van der Waals surface area (Å²) in [5, 5.41) is 22.2. The van der Waals surface area contributed by atoms with Gasteiger partial charge in [-0.15, -0.1) is 0 Å². The number of phenols is 2. The molecule has 0 saturated heterocycles. The summed E-state index contributed by atoms with van der Waals surface area (Å²) in [5.41, 5.74) is -0.0646. The van der Waals surface area contributed by atoms with Crippen LogP contribution in [0.5, 0.6) is 11.5 Å². The summed E-state index contributed by atoms with van der Waals surface area (Å²) >= 11 is 11.8. The van der Waals surface area contributed by atoms with Crippen LogP contribution in [0, 0.1) is 0 Å². The zero-order valence-electron chi connectivity index (χ0n) is 13.9. The van der Waals surface area contributed by atoms with Gasteiger partial charge in [-0.2, -0.15) is 0 Å². The molecule has 3 N–H and O–H groups in total. The van der Waals surface area contributed by atoms with E-state index in [0.29, 0.717) is 6.61 Å². The molecule has 0 bridgehead atoms. The summed E-state index contributed by atoms with van der Waals surface area (Å²) in [5.74, 6) is -2.38. The Hall–Kier alpha value is -2.44. The summed E-state index contributed by atoms with van der Waals surface area (Å²) in [6.07, 6.45) is 1.64. The van der Waals surface area contributed by atoms with E-state index in [9.17, 15) is 19.8 Å². The molecular weight excluding hydrogens is 381 g/mol. The zero-order valence-corrected chi connectivity index (χ0v) is 15.4. The van der Waals surface area contributed by atoms with Gasteiger partial charge >= 0.3 is 5.97 Å². The van der Waals surface area contributed by atoms with Gasteiger partial charge in [-0.05, 0) is 36.8 Å². The van der Waals surface area contributed by atoms with E-state index < -0.39 is 28.9 Å². The fraction of sp³-hybridized carbons (Fsp3) is 0.222. The smallest absolute Gasteiger partial charge is 0.338 e. The molecule has 8 heteroatoms. The first-order valence-corrected chi connectivity index (χ1v) is 8.59. The first kappa shape index (κ1) is 19.9. The fourth-order valence-corrected chi connectivity index (χ4v) is 2.43. The second-order valence-electron chi connectivity index (χ2n) is 5.43. The third-order valence-corrected chi connectivity index (χ3v) is 4.15. The van der Waals surface area contributed by atoms with E-state index in [4.69, 9.17) is 27.9 Å². The van der Waals surface area contributed by atoms with Crippen LogP contribution in [0.2, 0.25) is 10.0 Å². The topological polar surface area (TPSA) is 95.9 Å². The van der Waals surface area contributed by atoms with Gasteiger partial charge in [0.05, 0.1) is 27.9 Å². The lowest BCUT2D eigenvalue weighted by Crippen LogP contribution is -2.14. The standard InChI is InChI=1S/C18H17Cl2NO5/c1-2-3-8-26-18(25)10-4-5-11(19)13(9-10)21-17(24)15-14(22)7-6-12(20)16(15)23/h4-7,9,22-23H,2-3,8H2,1H3,(H,21,24). The minimum absolute atomic E-state index is 0.0905. The van der Waals surface area contributed by atoms with E-state index in [0.717, 1.165) is 12.8 Å². The molecule has 0 aliphatic rings. The lowest BCUT2D eigenvalue weighted by Gasteiger charge is -2.12. The molecule has 138 valence electrons. The Kier molecular flexibility index (Phi) is 6.71. The number of amides is 1. The second kappa shape index (κ2) is 8.78. The molecule has 0 aliphatic heterocycles. The third kappa shape index (κ3) is 4.59. The summed E-state index contributed by atoms with van der Waals surface area (Å²) in [6, 6.07) is 6.70. The molecule has 26 heavy (non-hydrogen) atoms. The summed E-state index contributed by atoms with van der Waals surface area (Å²) in [7, 11) is 0. The van der Waals surface area contributed by atoms with Gasteiger partial charge in [-0.3, -0.25) is 4.79 Å². The molecule has 1 amide bonds. The Balaban J connectivity index is 2.24. The Bertz CT molecular complexity index is 839. The predicted molar refractivity (Wildman–Crippen MR) is 99.4 cm³/mol. The number of ether oxygens (including phenoxy) is 1. The maximum absolute atomic E-state index is 12.4. The van der Waals surface area contributed by atoms with Crippen LogP contribution in [-0.4, -0.2) is 28.7 Å². The number of aromatic hydroxyl groups is 2. The molecular formula is C18H17Cl2NO5. The van der Waals surface area contributed by atoms with E-state index in [1.165, 1.54) is 30.3 Å². The van der Waals surface area contributed by atoms with Gasteiger partial charge in [0, 0.05) is 0 Å². The van der Waals surface area contributed by atoms with E-state index in [1.54, 1.807) is 0 Å². The number of unbranched alkanes of at least 4 members (excludes halogenated alkanes) is 1. The highest BCUT2D eigenvalue weighted by molar-refractivity contribution is 6.34. The van der Waals surface area contributed by atoms with Crippen molar-refractivity contribution in [2.45, 2.75) is 19.8 Å². The van der Waals surface area contributed by atoms with Crippen molar-refractivity contribution in [1.29, 1.82) is 0 Å². The van der Waals surface area contributed by atoms with E-state index in [-0.39, 0.29) is 21.3 Å². The predicted octanol–water partition coefficient (Wildman–Crippen LogP) is 4.61. The molecule has 0 unspecified atom stereocenters. The van der Waals surface area contributed by atoms with Crippen LogP contribution in [0.1, 0.15) is 40.5 Å². The van der Waals surface area contributed by atoms with Crippen LogP contribution in [0.4, 0.5) is 5.69 Å². The van der Waals surface area contributed by atoms with Gasteiger partial charge in [0.2, 0.25) is 0 Å². The molecule has 0 fully saturated rings. The fourth-order valence-electron chi connectivity index (χ4n) is 2.10. The second-order valence-corrected chi connectivity index (χ2v) is 6.24. The maximum Gasteiger partial charge on any atom is 0.338 e. The average Bonchev–Trinajstić information content (AvgIpc) is 2.60. The lowest BCUT2D eigenvalue weighted by atomic mass is 10.1. The molecule has 0 radical (unpaired) electrons. The maximum atomic E-state index is 12.4. The average molecular weight is 398 g/mol. The number of esters is 1. The monoisotopic (exact) mass is 397 g/mol. The van der Waals surface area contributed by atoms with Crippen LogP contribution in [0.25, 0.3) is 0 Å². The normalized spacial score (nSPS) is 10.4. The molecule has 0 heterocycles. The minimum atomic E-state index is -0.832. The van der Waals surface area contributed by atoms with Gasteiger partial charge in [-0.25, -0.2) is 4.79 Å². The van der Waals surface area contributed by atoms with Crippen molar-refractivity contribution in [3.8, 4) is 11.5 Å². The van der Waals surface area contributed by atoms with Crippen LogP contribution in [0.15, 0.2) is 30.3 Å². The summed E-state index contributed by atoms with van der Waals surface area (Å²) in [4.78, 5) is 24.4. The number of phenolic OH excluding ortho intramolecular Hbond substituents is 2. The third-order valence-electron chi connectivity index (χ3n) is 3.52. The number of rotatable bonds is 6.